The summed E-state index contributed by atoms with van der Waals surface area (Å²) in [6.45, 7) is 2.60. The van der Waals surface area contributed by atoms with Crippen molar-refractivity contribution in [1.29, 1.82) is 0 Å². The lowest BCUT2D eigenvalue weighted by Crippen LogP contribution is -2.19. The molecule has 1 saturated carbocycles. The van der Waals surface area contributed by atoms with Crippen molar-refractivity contribution in [3.8, 4) is 11.1 Å². The topological polar surface area (TPSA) is 98.0 Å². The maximum atomic E-state index is 12.9. The van der Waals surface area contributed by atoms with Gasteiger partial charge in [-0.3, -0.25) is 4.79 Å². The first kappa shape index (κ1) is 21.9. The molecule has 2 heterocycles. The molecule has 32 heavy (non-hydrogen) atoms. The van der Waals surface area contributed by atoms with Crippen molar-refractivity contribution in [3.05, 3.63) is 65.5 Å². The lowest BCUT2D eigenvalue weighted by atomic mass is 9.86. The maximum Gasteiger partial charge on any atom is 0.355 e. The van der Waals surface area contributed by atoms with Crippen LogP contribution in [0.4, 0.5) is 0 Å². The molecule has 0 atom stereocenters. The highest BCUT2D eigenvalue weighted by Gasteiger charge is 2.26. The Kier molecular flexibility index (Phi) is 6.73. The molecule has 1 aromatic carbocycles. The third kappa shape index (κ3) is 4.77. The standard InChI is InChI=1S/C25H28N4O3/c1-2-7-21-27-24(23(30)19-8-4-3-5-9-19)28-29(21)16-17-11-13-18(14-12-17)20-10-6-15-26-22(20)25(31)32/h6,10-15,19H,2-5,7-9,16H2,1H3,(H,31,32). The Bertz CT molecular complexity index is 1100. The molecule has 0 bridgehead atoms. The molecular formula is C25H28N4O3. The van der Waals surface area contributed by atoms with E-state index in [1.54, 1.807) is 12.1 Å². The highest BCUT2D eigenvalue weighted by Crippen LogP contribution is 2.27. The van der Waals surface area contributed by atoms with Crippen molar-refractivity contribution in [2.45, 2.75) is 58.4 Å². The number of ketones is 1. The van der Waals surface area contributed by atoms with Gasteiger partial charge < -0.3 is 5.11 Å². The molecular weight excluding hydrogens is 404 g/mol. The summed E-state index contributed by atoms with van der Waals surface area (Å²) in [6, 6.07) is 11.2. The van der Waals surface area contributed by atoms with E-state index in [1.807, 2.05) is 28.9 Å². The molecule has 0 unspecified atom stereocenters. The molecule has 7 heteroatoms. The zero-order valence-corrected chi connectivity index (χ0v) is 18.3. The monoisotopic (exact) mass is 432 g/mol. The molecule has 3 aromatic rings. The fourth-order valence-electron chi connectivity index (χ4n) is 4.33. The molecule has 4 rings (SSSR count). The number of Topliss-reactive ketones (excluding diaryl/α,β-unsaturated/α-hetero) is 1. The summed E-state index contributed by atoms with van der Waals surface area (Å²) in [5.74, 6) is 0.256. The zero-order chi connectivity index (χ0) is 22.5. The summed E-state index contributed by atoms with van der Waals surface area (Å²) in [5, 5.41) is 14.0. The second kappa shape index (κ2) is 9.85. The predicted octanol–water partition coefficient (Wildman–Crippen LogP) is 4.80. The van der Waals surface area contributed by atoms with E-state index in [4.69, 9.17) is 0 Å². The van der Waals surface area contributed by atoms with Crippen LogP contribution < -0.4 is 0 Å². The van der Waals surface area contributed by atoms with Crippen LogP contribution in [0.15, 0.2) is 42.6 Å². The van der Waals surface area contributed by atoms with E-state index in [1.165, 1.54) is 12.6 Å². The average molecular weight is 433 g/mol. The summed E-state index contributed by atoms with van der Waals surface area (Å²) in [4.78, 5) is 33.0. The Balaban J connectivity index is 1.55. The molecule has 166 valence electrons. The molecule has 1 aliphatic carbocycles. The van der Waals surface area contributed by atoms with Gasteiger partial charge in [0.05, 0.1) is 6.54 Å². The Morgan fingerprint density at radius 1 is 1.09 bits per heavy atom. The van der Waals surface area contributed by atoms with Gasteiger partial charge in [-0.15, -0.1) is 5.10 Å². The molecule has 2 aromatic heterocycles. The van der Waals surface area contributed by atoms with Gasteiger partial charge in [-0.25, -0.2) is 19.4 Å². The van der Waals surface area contributed by atoms with Crippen molar-refractivity contribution in [3.63, 3.8) is 0 Å². The largest absolute Gasteiger partial charge is 0.476 e. The number of pyridine rings is 1. The number of aromatic carboxylic acids is 1. The number of carbonyl (C=O) groups is 2. The van der Waals surface area contributed by atoms with Gasteiger partial charge >= 0.3 is 5.97 Å². The van der Waals surface area contributed by atoms with Crippen LogP contribution in [0, 0.1) is 5.92 Å². The van der Waals surface area contributed by atoms with Crippen LogP contribution >= 0.6 is 0 Å². The number of benzene rings is 1. The van der Waals surface area contributed by atoms with Gasteiger partial charge in [0.2, 0.25) is 11.6 Å². The Labute approximate surface area is 187 Å². The summed E-state index contributed by atoms with van der Waals surface area (Å²) < 4.78 is 1.83. The number of carboxylic acid groups (broad SMARTS) is 1. The number of hydrogen-bond acceptors (Lipinski definition) is 5. The fraction of sp³-hybridized carbons (Fsp3) is 0.400. The fourth-order valence-corrected chi connectivity index (χ4v) is 4.33. The predicted molar refractivity (Wildman–Crippen MR) is 121 cm³/mol. The van der Waals surface area contributed by atoms with Gasteiger partial charge in [-0.05, 0) is 36.5 Å². The lowest BCUT2D eigenvalue weighted by Gasteiger charge is -2.18. The second-order valence-corrected chi connectivity index (χ2v) is 8.36. The third-order valence-electron chi connectivity index (χ3n) is 6.03. The maximum absolute atomic E-state index is 12.9. The summed E-state index contributed by atoms with van der Waals surface area (Å²) in [7, 11) is 0. The minimum absolute atomic E-state index is 0.0348. The van der Waals surface area contributed by atoms with Crippen molar-refractivity contribution >= 4 is 11.8 Å². The van der Waals surface area contributed by atoms with E-state index in [0.29, 0.717) is 17.9 Å². The van der Waals surface area contributed by atoms with Gasteiger partial charge in [0.1, 0.15) is 5.82 Å². The number of nitrogens with zero attached hydrogens (tertiary/aromatic N) is 4. The van der Waals surface area contributed by atoms with Crippen LogP contribution in [0.5, 0.6) is 0 Å². The third-order valence-corrected chi connectivity index (χ3v) is 6.03. The van der Waals surface area contributed by atoms with E-state index in [0.717, 1.165) is 55.5 Å². The zero-order valence-electron chi connectivity index (χ0n) is 18.3. The van der Waals surface area contributed by atoms with Crippen LogP contribution in [-0.2, 0) is 13.0 Å². The number of carbonyl (C=O) groups excluding carboxylic acids is 1. The van der Waals surface area contributed by atoms with Crippen LogP contribution in [0.3, 0.4) is 0 Å². The van der Waals surface area contributed by atoms with Crippen LogP contribution in [0.2, 0.25) is 0 Å². The van der Waals surface area contributed by atoms with Crippen LogP contribution in [-0.4, -0.2) is 36.6 Å². The van der Waals surface area contributed by atoms with Gasteiger partial charge in [-0.2, -0.15) is 0 Å². The second-order valence-electron chi connectivity index (χ2n) is 8.36. The van der Waals surface area contributed by atoms with Crippen molar-refractivity contribution in [2.75, 3.05) is 0 Å². The molecule has 1 N–H and O–H groups in total. The number of carboxylic acids is 1. The molecule has 0 amide bonds. The Morgan fingerprint density at radius 3 is 2.53 bits per heavy atom. The number of aryl methyl sites for hydroxylation is 1. The minimum Gasteiger partial charge on any atom is -0.476 e. The van der Waals surface area contributed by atoms with Gasteiger partial charge in [-0.1, -0.05) is 56.5 Å². The molecule has 0 spiro atoms. The van der Waals surface area contributed by atoms with E-state index >= 15 is 0 Å². The van der Waals surface area contributed by atoms with E-state index in [2.05, 4.69) is 22.0 Å². The first-order valence-corrected chi connectivity index (χ1v) is 11.3. The highest BCUT2D eigenvalue weighted by atomic mass is 16.4. The average Bonchev–Trinajstić information content (AvgIpc) is 3.22. The lowest BCUT2D eigenvalue weighted by molar-refractivity contribution is 0.0691. The number of hydrogen-bond donors (Lipinski definition) is 1. The van der Waals surface area contributed by atoms with Gasteiger partial charge in [0, 0.05) is 24.1 Å². The van der Waals surface area contributed by atoms with Gasteiger partial charge in [0.25, 0.3) is 0 Å². The first-order valence-electron chi connectivity index (χ1n) is 11.3. The van der Waals surface area contributed by atoms with Crippen LogP contribution in [0.1, 0.15) is 77.9 Å². The molecule has 7 nitrogen and oxygen atoms in total. The molecule has 0 radical (unpaired) electrons. The normalized spacial score (nSPS) is 14.4. The highest BCUT2D eigenvalue weighted by molar-refractivity contribution is 5.94. The summed E-state index contributed by atoms with van der Waals surface area (Å²) in [5.41, 5.74) is 2.42. The van der Waals surface area contributed by atoms with E-state index in [9.17, 15) is 14.7 Å². The van der Waals surface area contributed by atoms with Crippen molar-refractivity contribution < 1.29 is 14.7 Å². The van der Waals surface area contributed by atoms with E-state index < -0.39 is 5.97 Å². The molecule has 1 fully saturated rings. The van der Waals surface area contributed by atoms with Crippen molar-refractivity contribution in [1.82, 2.24) is 19.7 Å². The Hall–Kier alpha value is -3.35. The molecule has 0 aliphatic heterocycles. The molecule has 1 aliphatic rings. The van der Waals surface area contributed by atoms with E-state index in [-0.39, 0.29) is 17.4 Å². The Morgan fingerprint density at radius 2 is 1.84 bits per heavy atom. The first-order chi connectivity index (χ1) is 15.6. The van der Waals surface area contributed by atoms with Crippen molar-refractivity contribution in [2.24, 2.45) is 5.92 Å². The van der Waals surface area contributed by atoms with Crippen LogP contribution in [0.25, 0.3) is 11.1 Å². The minimum atomic E-state index is -1.05. The van der Waals surface area contributed by atoms with Gasteiger partial charge in [0.15, 0.2) is 5.69 Å². The quantitative estimate of drug-likeness (QED) is 0.513. The molecule has 0 saturated heterocycles. The number of rotatable bonds is 8. The summed E-state index contributed by atoms with van der Waals surface area (Å²) >= 11 is 0. The smallest absolute Gasteiger partial charge is 0.355 e. The number of aromatic nitrogens is 4. The SMILES string of the molecule is CCCc1nc(C(=O)C2CCCCC2)nn1Cc1ccc(-c2cccnc2C(=O)O)cc1. The summed E-state index contributed by atoms with van der Waals surface area (Å²) in [6.07, 6.45) is 8.45.